The molecule has 0 spiro atoms. The van der Waals surface area contributed by atoms with Crippen molar-refractivity contribution in [3.63, 3.8) is 0 Å². The Labute approximate surface area is 137 Å². The predicted octanol–water partition coefficient (Wildman–Crippen LogP) is 3.92. The molecule has 0 fully saturated rings. The fourth-order valence-electron chi connectivity index (χ4n) is 2.10. The number of benzene rings is 1. The highest BCUT2D eigenvalue weighted by molar-refractivity contribution is 7.98. The van der Waals surface area contributed by atoms with Crippen LogP contribution < -0.4 is 4.74 Å². The third-order valence-electron chi connectivity index (χ3n) is 3.16. The molecule has 3 aromatic rings. The molecule has 0 unspecified atom stereocenters. The Morgan fingerprint density at radius 3 is 2.91 bits per heavy atom. The molecule has 3 rings (SSSR count). The van der Waals surface area contributed by atoms with E-state index < -0.39 is 0 Å². The smallest absolute Gasteiger partial charge is 0.187 e. The van der Waals surface area contributed by atoms with Crippen molar-refractivity contribution in [3.8, 4) is 28.3 Å². The van der Waals surface area contributed by atoms with Crippen LogP contribution >= 0.6 is 23.4 Å². The highest BCUT2D eigenvalue weighted by atomic mass is 35.5. The maximum Gasteiger partial charge on any atom is 0.187 e. The number of aromatic nitrogens is 4. The van der Waals surface area contributed by atoms with Crippen molar-refractivity contribution < 1.29 is 4.74 Å². The first-order valence-electron chi connectivity index (χ1n) is 6.48. The molecule has 1 N–H and O–H groups in total. The van der Waals surface area contributed by atoms with E-state index >= 15 is 0 Å². The molecule has 0 saturated heterocycles. The van der Waals surface area contributed by atoms with Gasteiger partial charge in [-0.3, -0.25) is 5.10 Å². The Hall–Kier alpha value is -2.05. The van der Waals surface area contributed by atoms with Crippen molar-refractivity contribution in [2.45, 2.75) is 5.16 Å². The number of nitrogens with one attached hydrogen (secondary N) is 1. The van der Waals surface area contributed by atoms with E-state index in [2.05, 4.69) is 20.2 Å². The van der Waals surface area contributed by atoms with Gasteiger partial charge in [-0.05, 0) is 24.5 Å². The molecule has 0 aliphatic heterocycles. The van der Waals surface area contributed by atoms with Crippen LogP contribution in [0.4, 0.5) is 0 Å². The summed E-state index contributed by atoms with van der Waals surface area (Å²) in [5.74, 6) is 0.612. The van der Waals surface area contributed by atoms with E-state index in [0.29, 0.717) is 10.8 Å². The van der Waals surface area contributed by atoms with Gasteiger partial charge in [0.15, 0.2) is 5.16 Å². The van der Waals surface area contributed by atoms with Crippen LogP contribution in [0.1, 0.15) is 0 Å². The van der Waals surface area contributed by atoms with Crippen molar-refractivity contribution in [2.75, 3.05) is 13.4 Å². The van der Waals surface area contributed by atoms with Crippen LogP contribution in [0.5, 0.6) is 5.75 Å². The quantitative estimate of drug-likeness (QED) is 0.579. The molecule has 22 heavy (non-hydrogen) atoms. The SMILES string of the molecule is COc1cc(-c2n[nH]cc2-c2ccnc(SC)n2)ccc1Cl. The first-order chi connectivity index (χ1) is 10.7. The highest BCUT2D eigenvalue weighted by Crippen LogP contribution is 2.34. The number of nitrogens with zero attached hydrogens (tertiary/aromatic N) is 3. The number of methoxy groups -OCH3 is 1. The Kier molecular flexibility index (Phi) is 4.31. The molecule has 0 radical (unpaired) electrons. The predicted molar refractivity (Wildman–Crippen MR) is 88.4 cm³/mol. The van der Waals surface area contributed by atoms with Crippen LogP contribution in [0.25, 0.3) is 22.5 Å². The van der Waals surface area contributed by atoms with Gasteiger partial charge in [0.2, 0.25) is 0 Å². The van der Waals surface area contributed by atoms with Crippen molar-refractivity contribution in [1.82, 2.24) is 20.2 Å². The van der Waals surface area contributed by atoms with Crippen molar-refractivity contribution in [1.29, 1.82) is 0 Å². The summed E-state index contributed by atoms with van der Waals surface area (Å²) in [6.07, 6.45) is 5.51. The van der Waals surface area contributed by atoms with Crippen LogP contribution in [0.2, 0.25) is 5.02 Å². The zero-order valence-corrected chi connectivity index (χ0v) is 13.6. The minimum Gasteiger partial charge on any atom is -0.495 e. The van der Waals surface area contributed by atoms with Gasteiger partial charge in [0.05, 0.1) is 17.8 Å². The van der Waals surface area contributed by atoms with Crippen molar-refractivity contribution >= 4 is 23.4 Å². The normalized spacial score (nSPS) is 10.7. The second-order valence-electron chi connectivity index (χ2n) is 4.43. The van der Waals surface area contributed by atoms with Gasteiger partial charge in [0, 0.05) is 23.5 Å². The zero-order chi connectivity index (χ0) is 15.5. The van der Waals surface area contributed by atoms with E-state index in [1.54, 1.807) is 19.4 Å². The summed E-state index contributed by atoms with van der Waals surface area (Å²) >= 11 is 7.58. The topological polar surface area (TPSA) is 63.7 Å². The first kappa shape index (κ1) is 14.9. The molecule has 5 nitrogen and oxygen atoms in total. The van der Waals surface area contributed by atoms with E-state index in [-0.39, 0.29) is 0 Å². The highest BCUT2D eigenvalue weighted by Gasteiger charge is 2.14. The molecular formula is C15H13ClN4OS. The summed E-state index contributed by atoms with van der Waals surface area (Å²) < 4.78 is 5.27. The van der Waals surface area contributed by atoms with Crippen LogP contribution in [0, 0.1) is 0 Å². The number of hydrogen-bond acceptors (Lipinski definition) is 5. The van der Waals surface area contributed by atoms with Crippen LogP contribution in [0.15, 0.2) is 41.8 Å². The minimum atomic E-state index is 0.565. The monoisotopic (exact) mass is 332 g/mol. The minimum absolute atomic E-state index is 0.565. The lowest BCUT2D eigenvalue weighted by Crippen LogP contribution is -1.91. The average molecular weight is 333 g/mol. The molecule has 2 aromatic heterocycles. The van der Waals surface area contributed by atoms with E-state index in [0.717, 1.165) is 27.7 Å². The van der Waals surface area contributed by atoms with Crippen LogP contribution in [-0.4, -0.2) is 33.5 Å². The molecule has 112 valence electrons. The zero-order valence-electron chi connectivity index (χ0n) is 12.0. The molecule has 7 heteroatoms. The summed E-state index contributed by atoms with van der Waals surface area (Å²) in [7, 11) is 1.59. The standard InChI is InChI=1S/C15H13ClN4OS/c1-21-13-7-9(3-4-11(13)16)14-10(8-18-20-14)12-5-6-17-15(19-12)22-2/h3-8H,1-2H3,(H,18,20). The Morgan fingerprint density at radius 2 is 2.14 bits per heavy atom. The molecule has 0 saturated carbocycles. The molecule has 1 aromatic carbocycles. The van der Waals surface area contributed by atoms with Gasteiger partial charge in [-0.15, -0.1) is 0 Å². The Morgan fingerprint density at radius 1 is 1.27 bits per heavy atom. The molecule has 2 heterocycles. The number of aromatic amines is 1. The lowest BCUT2D eigenvalue weighted by atomic mass is 10.1. The lowest BCUT2D eigenvalue weighted by molar-refractivity contribution is 0.415. The number of ether oxygens (including phenoxy) is 1. The molecule has 0 aliphatic carbocycles. The molecular weight excluding hydrogens is 320 g/mol. The van der Waals surface area contributed by atoms with Gasteiger partial charge in [0.25, 0.3) is 0 Å². The largest absolute Gasteiger partial charge is 0.495 e. The summed E-state index contributed by atoms with van der Waals surface area (Å²) in [6, 6.07) is 7.42. The van der Waals surface area contributed by atoms with E-state index in [9.17, 15) is 0 Å². The van der Waals surface area contributed by atoms with E-state index in [1.807, 2.05) is 30.7 Å². The van der Waals surface area contributed by atoms with E-state index in [1.165, 1.54) is 11.8 Å². The van der Waals surface area contributed by atoms with Crippen molar-refractivity contribution in [3.05, 3.63) is 41.7 Å². The maximum absolute atomic E-state index is 6.08. The van der Waals surface area contributed by atoms with Gasteiger partial charge in [0.1, 0.15) is 11.4 Å². The third-order valence-corrected chi connectivity index (χ3v) is 4.03. The molecule has 0 aliphatic rings. The van der Waals surface area contributed by atoms with Gasteiger partial charge < -0.3 is 4.74 Å². The average Bonchev–Trinajstić information content (AvgIpc) is 3.05. The number of hydrogen-bond donors (Lipinski definition) is 1. The second-order valence-corrected chi connectivity index (χ2v) is 5.61. The van der Waals surface area contributed by atoms with Crippen LogP contribution in [0.3, 0.4) is 0 Å². The fourth-order valence-corrected chi connectivity index (χ4v) is 2.65. The number of H-pyrrole nitrogens is 1. The maximum atomic E-state index is 6.08. The summed E-state index contributed by atoms with van der Waals surface area (Å²) in [4.78, 5) is 8.71. The molecule has 0 atom stereocenters. The summed E-state index contributed by atoms with van der Waals surface area (Å²) in [6.45, 7) is 0. The second kappa shape index (κ2) is 6.37. The van der Waals surface area contributed by atoms with Crippen molar-refractivity contribution in [2.24, 2.45) is 0 Å². The fraction of sp³-hybridized carbons (Fsp3) is 0.133. The van der Waals surface area contributed by atoms with Crippen LogP contribution in [-0.2, 0) is 0 Å². The van der Waals surface area contributed by atoms with Gasteiger partial charge in [-0.2, -0.15) is 5.10 Å². The molecule has 0 bridgehead atoms. The summed E-state index contributed by atoms with van der Waals surface area (Å²) in [5.41, 5.74) is 3.42. The number of thioether (sulfide) groups is 1. The van der Waals surface area contributed by atoms with Gasteiger partial charge >= 0.3 is 0 Å². The van der Waals surface area contributed by atoms with Gasteiger partial charge in [-0.25, -0.2) is 9.97 Å². The number of halogens is 1. The number of rotatable bonds is 4. The third kappa shape index (κ3) is 2.80. The Balaban J connectivity index is 2.09. The first-order valence-corrected chi connectivity index (χ1v) is 8.08. The van der Waals surface area contributed by atoms with Gasteiger partial charge in [-0.1, -0.05) is 29.4 Å². The Bertz CT molecular complexity index is 806. The molecule has 0 amide bonds. The lowest BCUT2D eigenvalue weighted by Gasteiger charge is -2.07. The van der Waals surface area contributed by atoms with E-state index in [4.69, 9.17) is 16.3 Å². The summed E-state index contributed by atoms with van der Waals surface area (Å²) in [5, 5.41) is 8.51.